The van der Waals surface area contributed by atoms with Crippen LogP contribution in [-0.2, 0) is 19.7 Å². The zero-order chi connectivity index (χ0) is 13.1. The Labute approximate surface area is 113 Å². The van der Waals surface area contributed by atoms with E-state index in [2.05, 4.69) is 0 Å². The molecular weight excluding hydrogens is 240 g/mol. The highest BCUT2D eigenvalue weighted by atomic mass is 16.5. The Morgan fingerprint density at radius 3 is 2.74 bits per heavy atom. The third-order valence-electron chi connectivity index (χ3n) is 4.16. The molecule has 0 unspecified atom stereocenters. The molecule has 1 saturated heterocycles. The summed E-state index contributed by atoms with van der Waals surface area (Å²) in [6.45, 7) is 1.34. The molecule has 3 heteroatoms. The van der Waals surface area contributed by atoms with Crippen molar-refractivity contribution >= 4 is 5.97 Å². The lowest BCUT2D eigenvalue weighted by Crippen LogP contribution is -2.24. The molecule has 1 heterocycles. The minimum absolute atomic E-state index is 0.0586. The van der Waals surface area contributed by atoms with Crippen LogP contribution in [0.3, 0.4) is 0 Å². The van der Waals surface area contributed by atoms with Gasteiger partial charge in [0.2, 0.25) is 0 Å². The summed E-state index contributed by atoms with van der Waals surface area (Å²) in [6, 6.07) is 9.98. The topological polar surface area (TPSA) is 35.5 Å². The van der Waals surface area contributed by atoms with E-state index in [1.165, 1.54) is 0 Å². The molecule has 0 bridgehead atoms. The lowest BCUT2D eigenvalue weighted by molar-refractivity contribution is -0.147. The second-order valence-electron chi connectivity index (χ2n) is 5.51. The fraction of sp³-hybridized carbons (Fsp3) is 0.562. The van der Waals surface area contributed by atoms with Gasteiger partial charge in [-0.2, -0.15) is 0 Å². The molecule has 2 fully saturated rings. The van der Waals surface area contributed by atoms with Crippen LogP contribution in [0, 0.1) is 0 Å². The number of hydrogen-bond donors (Lipinski definition) is 0. The molecule has 1 atom stereocenters. The van der Waals surface area contributed by atoms with Gasteiger partial charge in [-0.25, -0.2) is 0 Å². The molecule has 1 saturated carbocycles. The number of hydrogen-bond acceptors (Lipinski definition) is 3. The molecule has 3 nitrogen and oxygen atoms in total. The van der Waals surface area contributed by atoms with Gasteiger partial charge in [0, 0.05) is 13.0 Å². The molecule has 19 heavy (non-hydrogen) atoms. The monoisotopic (exact) mass is 260 g/mol. The first-order valence-corrected chi connectivity index (χ1v) is 7.16. The van der Waals surface area contributed by atoms with Crippen molar-refractivity contribution in [3.8, 4) is 0 Å². The van der Waals surface area contributed by atoms with Crippen LogP contribution in [0.25, 0.3) is 0 Å². The van der Waals surface area contributed by atoms with Gasteiger partial charge in [-0.05, 0) is 31.2 Å². The third kappa shape index (κ3) is 2.66. The van der Waals surface area contributed by atoms with E-state index in [1.54, 1.807) is 0 Å². The summed E-state index contributed by atoms with van der Waals surface area (Å²) < 4.78 is 11.0. The van der Waals surface area contributed by atoms with Crippen molar-refractivity contribution in [2.24, 2.45) is 0 Å². The number of ether oxygens (including phenoxy) is 2. The molecule has 1 aromatic rings. The predicted octanol–water partition coefficient (Wildman–Crippen LogP) is 2.83. The van der Waals surface area contributed by atoms with Gasteiger partial charge in [0.25, 0.3) is 0 Å². The van der Waals surface area contributed by atoms with Gasteiger partial charge in [-0.3, -0.25) is 4.79 Å². The highest BCUT2D eigenvalue weighted by Crippen LogP contribution is 2.49. The lowest BCUT2D eigenvalue weighted by atomic mass is 9.96. The first kappa shape index (κ1) is 12.7. The first-order chi connectivity index (χ1) is 9.31. The summed E-state index contributed by atoms with van der Waals surface area (Å²) in [7, 11) is 0. The fourth-order valence-electron chi connectivity index (χ4n) is 2.79. The Kier molecular flexibility index (Phi) is 3.56. The van der Waals surface area contributed by atoms with Crippen LogP contribution in [0.1, 0.15) is 37.7 Å². The second-order valence-corrected chi connectivity index (χ2v) is 5.51. The van der Waals surface area contributed by atoms with E-state index in [0.717, 1.165) is 44.3 Å². The average molecular weight is 260 g/mol. The van der Waals surface area contributed by atoms with Crippen molar-refractivity contribution in [3.05, 3.63) is 35.9 Å². The quantitative estimate of drug-likeness (QED) is 0.764. The van der Waals surface area contributed by atoms with E-state index in [-0.39, 0.29) is 11.4 Å². The molecule has 0 N–H and O–H groups in total. The molecule has 1 aromatic carbocycles. The fourth-order valence-corrected chi connectivity index (χ4v) is 2.79. The van der Waals surface area contributed by atoms with Crippen LogP contribution >= 0.6 is 0 Å². The van der Waals surface area contributed by atoms with Crippen molar-refractivity contribution in [2.45, 2.75) is 43.6 Å². The van der Waals surface area contributed by atoms with Crippen LogP contribution in [0.15, 0.2) is 30.3 Å². The standard InChI is InChI=1S/C16H20O3/c17-15(19-12-8-14-7-4-11-18-14)16(9-10-16)13-5-2-1-3-6-13/h1-3,5-6,14H,4,7-12H2/t14-/m1/s1. The highest BCUT2D eigenvalue weighted by molar-refractivity contribution is 5.86. The van der Waals surface area contributed by atoms with Crippen LogP contribution in [-0.4, -0.2) is 25.3 Å². The van der Waals surface area contributed by atoms with Gasteiger partial charge in [0.1, 0.15) is 0 Å². The van der Waals surface area contributed by atoms with Gasteiger partial charge < -0.3 is 9.47 Å². The minimum atomic E-state index is -0.349. The largest absolute Gasteiger partial charge is 0.465 e. The molecule has 0 amide bonds. The molecule has 2 aliphatic rings. The van der Waals surface area contributed by atoms with Gasteiger partial charge in [-0.15, -0.1) is 0 Å². The van der Waals surface area contributed by atoms with Crippen molar-refractivity contribution < 1.29 is 14.3 Å². The van der Waals surface area contributed by atoms with E-state index in [4.69, 9.17) is 9.47 Å². The summed E-state index contributed by atoms with van der Waals surface area (Å²) in [5, 5.41) is 0. The minimum Gasteiger partial charge on any atom is -0.465 e. The Balaban J connectivity index is 1.52. The Bertz CT molecular complexity index is 431. The Hall–Kier alpha value is -1.35. The van der Waals surface area contributed by atoms with Crippen molar-refractivity contribution in [2.75, 3.05) is 13.2 Å². The molecule has 0 spiro atoms. The lowest BCUT2D eigenvalue weighted by Gasteiger charge is -2.16. The molecule has 0 aromatic heterocycles. The number of carbonyl (C=O) groups is 1. The second kappa shape index (κ2) is 5.33. The summed E-state index contributed by atoms with van der Waals surface area (Å²) in [5.41, 5.74) is 0.745. The molecule has 0 radical (unpaired) electrons. The van der Waals surface area contributed by atoms with Crippen LogP contribution in [0.2, 0.25) is 0 Å². The zero-order valence-corrected chi connectivity index (χ0v) is 11.1. The van der Waals surface area contributed by atoms with Gasteiger partial charge in [0.05, 0.1) is 18.1 Å². The van der Waals surface area contributed by atoms with E-state index in [9.17, 15) is 4.79 Å². The normalized spacial score (nSPS) is 24.1. The number of esters is 1. The predicted molar refractivity (Wildman–Crippen MR) is 71.9 cm³/mol. The maximum atomic E-state index is 12.2. The molecule has 3 rings (SSSR count). The van der Waals surface area contributed by atoms with Crippen molar-refractivity contribution in [1.82, 2.24) is 0 Å². The molecule has 102 valence electrons. The summed E-state index contributed by atoms with van der Waals surface area (Å²) in [5.74, 6) is -0.0586. The third-order valence-corrected chi connectivity index (χ3v) is 4.16. The number of rotatable bonds is 5. The summed E-state index contributed by atoms with van der Waals surface area (Å²) in [4.78, 5) is 12.2. The Morgan fingerprint density at radius 1 is 1.32 bits per heavy atom. The Morgan fingerprint density at radius 2 is 2.11 bits per heavy atom. The van der Waals surface area contributed by atoms with Crippen LogP contribution in [0.4, 0.5) is 0 Å². The van der Waals surface area contributed by atoms with Gasteiger partial charge >= 0.3 is 5.97 Å². The molecule has 1 aliphatic heterocycles. The number of carbonyl (C=O) groups excluding carboxylic acids is 1. The average Bonchev–Trinajstić information content (AvgIpc) is 3.11. The first-order valence-electron chi connectivity index (χ1n) is 7.16. The summed E-state index contributed by atoms with van der Waals surface area (Å²) in [6.07, 6.45) is 5.18. The maximum absolute atomic E-state index is 12.2. The maximum Gasteiger partial charge on any atom is 0.316 e. The van der Waals surface area contributed by atoms with E-state index >= 15 is 0 Å². The summed E-state index contributed by atoms with van der Waals surface area (Å²) >= 11 is 0. The highest BCUT2D eigenvalue weighted by Gasteiger charge is 2.52. The van der Waals surface area contributed by atoms with E-state index < -0.39 is 0 Å². The zero-order valence-electron chi connectivity index (χ0n) is 11.1. The van der Waals surface area contributed by atoms with Crippen molar-refractivity contribution in [1.29, 1.82) is 0 Å². The van der Waals surface area contributed by atoms with E-state index in [0.29, 0.717) is 12.7 Å². The smallest absolute Gasteiger partial charge is 0.316 e. The van der Waals surface area contributed by atoms with Gasteiger partial charge in [-0.1, -0.05) is 30.3 Å². The molecular formula is C16H20O3. The van der Waals surface area contributed by atoms with Gasteiger partial charge in [0.15, 0.2) is 0 Å². The van der Waals surface area contributed by atoms with Crippen LogP contribution < -0.4 is 0 Å². The van der Waals surface area contributed by atoms with Crippen molar-refractivity contribution in [3.63, 3.8) is 0 Å². The van der Waals surface area contributed by atoms with E-state index in [1.807, 2.05) is 30.3 Å². The van der Waals surface area contributed by atoms with Crippen LogP contribution in [0.5, 0.6) is 0 Å². The number of benzene rings is 1. The molecule has 1 aliphatic carbocycles. The SMILES string of the molecule is O=C(OCC[C@H]1CCCO1)C1(c2ccccc2)CC1.